The molecule has 5 heteroatoms. The lowest BCUT2D eigenvalue weighted by Crippen LogP contribution is -2.00. The smallest absolute Gasteiger partial charge is 0.362 e. The van der Waals surface area contributed by atoms with E-state index in [1.165, 1.54) is 6.08 Å². The van der Waals surface area contributed by atoms with E-state index < -0.39 is 10.4 Å². The van der Waals surface area contributed by atoms with Gasteiger partial charge >= 0.3 is 10.4 Å². The minimum atomic E-state index is -4.33. The lowest BCUT2D eigenvalue weighted by atomic mass is 10.5. The molecule has 0 saturated carbocycles. The maximum Gasteiger partial charge on any atom is 0.446 e. The minimum Gasteiger partial charge on any atom is -0.362 e. The molecular formula is C5H6O4S. The minimum absolute atomic E-state index is 0.169. The van der Waals surface area contributed by atoms with Crippen LogP contribution in [0.15, 0.2) is 24.0 Å². The first-order valence-corrected chi connectivity index (χ1v) is 3.98. The van der Waals surface area contributed by atoms with Gasteiger partial charge in [0.1, 0.15) is 5.76 Å². The third-order valence-corrected chi connectivity index (χ3v) is 1.34. The van der Waals surface area contributed by atoms with Crippen LogP contribution < -0.4 is 0 Å². The standard InChI is InChI=1S/C5H6O4S/c6-10(7,8)9-5-3-1-2-4-5/h1,3-4H,2H2,(H,6,7,8). The third-order valence-electron chi connectivity index (χ3n) is 0.939. The fourth-order valence-corrected chi connectivity index (χ4v) is 0.987. The fourth-order valence-electron chi connectivity index (χ4n) is 0.620. The molecule has 0 aromatic rings. The van der Waals surface area contributed by atoms with E-state index in [0.29, 0.717) is 6.42 Å². The van der Waals surface area contributed by atoms with Gasteiger partial charge in [0, 0.05) is 0 Å². The van der Waals surface area contributed by atoms with Crippen LogP contribution >= 0.6 is 0 Å². The van der Waals surface area contributed by atoms with Gasteiger partial charge in [-0.1, -0.05) is 6.08 Å². The third kappa shape index (κ3) is 2.20. The number of allylic oxidation sites excluding steroid dienone is 3. The molecule has 0 unspecified atom stereocenters. The Bertz CT molecular complexity index is 272. The fraction of sp³-hybridized carbons (Fsp3) is 0.200. The Morgan fingerprint density at radius 2 is 2.30 bits per heavy atom. The van der Waals surface area contributed by atoms with Gasteiger partial charge in [-0.3, -0.25) is 4.55 Å². The van der Waals surface area contributed by atoms with Crippen LogP contribution in [0.4, 0.5) is 0 Å². The van der Waals surface area contributed by atoms with Crippen LogP contribution in [0.5, 0.6) is 0 Å². The second-order valence-corrected chi connectivity index (χ2v) is 2.78. The molecule has 0 radical (unpaired) electrons. The maximum absolute atomic E-state index is 10.0. The van der Waals surface area contributed by atoms with E-state index in [0.717, 1.165) is 0 Å². The normalized spacial score (nSPS) is 17.1. The molecule has 0 aliphatic heterocycles. The number of rotatable bonds is 2. The topological polar surface area (TPSA) is 63.6 Å². The molecular weight excluding hydrogens is 156 g/mol. The molecule has 1 aliphatic carbocycles. The maximum atomic E-state index is 10.0. The van der Waals surface area contributed by atoms with Crippen molar-refractivity contribution in [2.75, 3.05) is 0 Å². The quantitative estimate of drug-likeness (QED) is 0.605. The highest BCUT2D eigenvalue weighted by molar-refractivity contribution is 7.81. The van der Waals surface area contributed by atoms with Crippen LogP contribution in [0.3, 0.4) is 0 Å². The summed E-state index contributed by atoms with van der Waals surface area (Å²) >= 11 is 0. The zero-order valence-electron chi connectivity index (χ0n) is 5.02. The average molecular weight is 162 g/mol. The summed E-state index contributed by atoms with van der Waals surface area (Å²) in [5, 5.41) is 0. The zero-order chi connectivity index (χ0) is 7.61. The summed E-state index contributed by atoms with van der Waals surface area (Å²) in [6, 6.07) is 0. The molecule has 10 heavy (non-hydrogen) atoms. The molecule has 56 valence electrons. The molecule has 0 atom stereocenters. The summed E-state index contributed by atoms with van der Waals surface area (Å²) < 4.78 is 32.3. The van der Waals surface area contributed by atoms with E-state index in [9.17, 15) is 8.42 Å². The van der Waals surface area contributed by atoms with Gasteiger partial charge in [0.15, 0.2) is 0 Å². The zero-order valence-corrected chi connectivity index (χ0v) is 5.84. The number of hydrogen-bond acceptors (Lipinski definition) is 3. The summed E-state index contributed by atoms with van der Waals surface area (Å²) in [6.45, 7) is 0. The van der Waals surface area contributed by atoms with Crippen LogP contribution in [0.25, 0.3) is 0 Å². The molecule has 1 rings (SSSR count). The van der Waals surface area contributed by atoms with Gasteiger partial charge < -0.3 is 4.18 Å². The molecule has 0 bridgehead atoms. The van der Waals surface area contributed by atoms with E-state index in [1.807, 2.05) is 0 Å². The summed E-state index contributed by atoms with van der Waals surface area (Å²) in [5.74, 6) is 0.169. The van der Waals surface area contributed by atoms with Gasteiger partial charge in [-0.2, -0.15) is 8.42 Å². The Morgan fingerprint density at radius 1 is 1.60 bits per heavy atom. The van der Waals surface area contributed by atoms with Gasteiger partial charge in [0.25, 0.3) is 0 Å². The van der Waals surface area contributed by atoms with Gasteiger partial charge in [-0.25, -0.2) is 0 Å². The second kappa shape index (κ2) is 2.43. The number of hydrogen-bond donors (Lipinski definition) is 1. The van der Waals surface area contributed by atoms with Crippen molar-refractivity contribution in [2.24, 2.45) is 0 Å². The largest absolute Gasteiger partial charge is 0.446 e. The first kappa shape index (κ1) is 7.30. The van der Waals surface area contributed by atoms with Gasteiger partial charge in [0.05, 0.1) is 0 Å². The summed E-state index contributed by atoms with van der Waals surface area (Å²) in [7, 11) is -4.33. The molecule has 0 fully saturated rings. The van der Waals surface area contributed by atoms with Crippen molar-refractivity contribution in [3.05, 3.63) is 24.0 Å². The summed E-state index contributed by atoms with van der Waals surface area (Å²) in [6.07, 6.45) is 5.40. The first-order valence-electron chi connectivity index (χ1n) is 2.61. The Hall–Kier alpha value is -0.810. The molecule has 0 saturated heterocycles. The van der Waals surface area contributed by atoms with E-state index in [2.05, 4.69) is 4.18 Å². The molecule has 0 spiro atoms. The van der Waals surface area contributed by atoms with Crippen LogP contribution in [0.1, 0.15) is 6.42 Å². The van der Waals surface area contributed by atoms with Crippen LogP contribution in [0.2, 0.25) is 0 Å². The van der Waals surface area contributed by atoms with E-state index in [4.69, 9.17) is 4.55 Å². The molecule has 1 aliphatic rings. The van der Waals surface area contributed by atoms with Crippen LogP contribution in [-0.4, -0.2) is 13.0 Å². The molecule has 0 aromatic carbocycles. The van der Waals surface area contributed by atoms with Crippen LogP contribution in [0, 0.1) is 0 Å². The van der Waals surface area contributed by atoms with E-state index >= 15 is 0 Å². The van der Waals surface area contributed by atoms with Gasteiger partial charge in [0.2, 0.25) is 0 Å². The monoisotopic (exact) mass is 162 g/mol. The van der Waals surface area contributed by atoms with E-state index in [1.54, 1.807) is 12.2 Å². The molecule has 1 N–H and O–H groups in total. The van der Waals surface area contributed by atoms with Gasteiger partial charge in [-0.05, 0) is 18.6 Å². The SMILES string of the molecule is O=S(=O)(O)OC1=CCC=C1. The predicted molar refractivity (Wildman–Crippen MR) is 34.5 cm³/mol. The molecule has 0 aromatic heterocycles. The van der Waals surface area contributed by atoms with Crippen LogP contribution in [-0.2, 0) is 14.6 Å². The first-order chi connectivity index (χ1) is 4.58. The van der Waals surface area contributed by atoms with Crippen molar-refractivity contribution in [1.82, 2.24) is 0 Å². The average Bonchev–Trinajstić information content (AvgIpc) is 2.12. The van der Waals surface area contributed by atoms with Crippen molar-refractivity contribution >= 4 is 10.4 Å². The Balaban J connectivity index is 2.63. The van der Waals surface area contributed by atoms with E-state index in [-0.39, 0.29) is 5.76 Å². The lowest BCUT2D eigenvalue weighted by Gasteiger charge is -1.96. The Labute approximate surface area is 58.8 Å². The highest BCUT2D eigenvalue weighted by atomic mass is 32.3. The Kier molecular flexibility index (Phi) is 1.78. The summed E-state index contributed by atoms with van der Waals surface area (Å²) in [4.78, 5) is 0. The van der Waals surface area contributed by atoms with Crippen molar-refractivity contribution in [3.63, 3.8) is 0 Å². The van der Waals surface area contributed by atoms with Crippen molar-refractivity contribution in [2.45, 2.75) is 6.42 Å². The van der Waals surface area contributed by atoms with Crippen molar-refractivity contribution in [3.8, 4) is 0 Å². The predicted octanol–water partition coefficient (Wildman–Crippen LogP) is 0.650. The molecule has 0 heterocycles. The molecule has 0 amide bonds. The Morgan fingerprint density at radius 3 is 2.70 bits per heavy atom. The highest BCUT2D eigenvalue weighted by Crippen LogP contribution is 2.11. The summed E-state index contributed by atoms with van der Waals surface area (Å²) in [5.41, 5.74) is 0. The lowest BCUT2D eigenvalue weighted by molar-refractivity contribution is 0.341. The highest BCUT2D eigenvalue weighted by Gasteiger charge is 2.08. The molecule has 4 nitrogen and oxygen atoms in total. The van der Waals surface area contributed by atoms with Crippen molar-refractivity contribution in [1.29, 1.82) is 0 Å². The second-order valence-electron chi connectivity index (χ2n) is 1.76. The van der Waals surface area contributed by atoms with Crippen molar-refractivity contribution < 1.29 is 17.2 Å². The van der Waals surface area contributed by atoms with Gasteiger partial charge in [-0.15, -0.1) is 0 Å².